The molecule has 1 aromatic carbocycles. The van der Waals surface area contributed by atoms with Crippen LogP contribution in [0.25, 0.3) is 0 Å². The van der Waals surface area contributed by atoms with Crippen LogP contribution in [0.1, 0.15) is 13.3 Å². The third kappa shape index (κ3) is 6.05. The number of rotatable bonds is 7. The molecule has 0 spiro atoms. The number of hydrogen-bond acceptors (Lipinski definition) is 4. The molecule has 0 unspecified atom stereocenters. The predicted molar refractivity (Wildman–Crippen MR) is 86.2 cm³/mol. The van der Waals surface area contributed by atoms with E-state index in [4.69, 9.17) is 4.74 Å². The van der Waals surface area contributed by atoms with Gasteiger partial charge in [0.2, 0.25) is 0 Å². The van der Waals surface area contributed by atoms with Crippen LogP contribution in [0.3, 0.4) is 0 Å². The zero-order valence-electron chi connectivity index (χ0n) is 11.9. The van der Waals surface area contributed by atoms with Crippen LogP contribution < -0.4 is 4.74 Å². The Morgan fingerprint density at radius 1 is 1.29 bits per heavy atom. The molecule has 0 saturated carbocycles. The monoisotopic (exact) mass is 421 g/mol. The highest BCUT2D eigenvalue weighted by Crippen LogP contribution is 2.28. The van der Waals surface area contributed by atoms with Gasteiger partial charge in [0, 0.05) is 11.0 Å². The molecule has 0 heterocycles. The highest BCUT2D eigenvalue weighted by molar-refractivity contribution is 9.11. The number of halogens is 2. The fourth-order valence-corrected chi connectivity index (χ4v) is 2.77. The molecule has 1 rings (SSSR count). The van der Waals surface area contributed by atoms with Gasteiger partial charge in [0.25, 0.3) is 5.91 Å². The Balaban J connectivity index is 2.62. The molecule has 0 bridgehead atoms. The first-order valence-electron chi connectivity index (χ1n) is 6.40. The van der Waals surface area contributed by atoms with Crippen molar-refractivity contribution in [1.82, 2.24) is 4.90 Å². The van der Waals surface area contributed by atoms with Crippen LogP contribution in [0, 0.1) is 0 Å². The summed E-state index contributed by atoms with van der Waals surface area (Å²) in [5, 5.41) is 0. The van der Waals surface area contributed by atoms with Crippen molar-refractivity contribution in [3.63, 3.8) is 0 Å². The maximum absolute atomic E-state index is 12.1. The highest BCUT2D eigenvalue weighted by atomic mass is 79.9. The summed E-state index contributed by atoms with van der Waals surface area (Å²) < 4.78 is 11.7. The Morgan fingerprint density at radius 3 is 2.57 bits per heavy atom. The first-order valence-corrected chi connectivity index (χ1v) is 7.99. The molecule has 1 aromatic rings. The second-order valence-corrected chi connectivity index (χ2v) is 6.02. The van der Waals surface area contributed by atoms with Gasteiger partial charge in [-0.1, -0.05) is 22.9 Å². The lowest BCUT2D eigenvalue weighted by Gasteiger charge is -2.21. The Kier molecular flexibility index (Phi) is 7.74. The van der Waals surface area contributed by atoms with Crippen molar-refractivity contribution in [2.24, 2.45) is 0 Å². The first kappa shape index (κ1) is 18.0. The number of methoxy groups -OCH3 is 1. The van der Waals surface area contributed by atoms with Gasteiger partial charge in [-0.2, -0.15) is 0 Å². The smallest absolute Gasteiger partial charge is 0.325 e. The van der Waals surface area contributed by atoms with Crippen LogP contribution in [-0.4, -0.2) is 43.6 Å². The number of benzene rings is 1. The zero-order valence-corrected chi connectivity index (χ0v) is 15.1. The minimum atomic E-state index is -0.443. The third-order valence-electron chi connectivity index (χ3n) is 2.64. The lowest BCUT2D eigenvalue weighted by atomic mass is 10.3. The SMILES string of the molecule is CCCN(CC(=O)OC)C(=O)COc1ccc(Br)cc1Br. The molecule has 0 aromatic heterocycles. The summed E-state index contributed by atoms with van der Waals surface area (Å²) in [5.41, 5.74) is 0. The van der Waals surface area contributed by atoms with Crippen molar-refractivity contribution in [3.8, 4) is 5.75 Å². The Morgan fingerprint density at radius 2 is 2.00 bits per heavy atom. The molecule has 0 saturated heterocycles. The fourth-order valence-electron chi connectivity index (χ4n) is 1.61. The van der Waals surface area contributed by atoms with E-state index >= 15 is 0 Å². The van der Waals surface area contributed by atoms with E-state index in [-0.39, 0.29) is 19.1 Å². The summed E-state index contributed by atoms with van der Waals surface area (Å²) in [5.74, 6) is -0.125. The van der Waals surface area contributed by atoms with Gasteiger partial charge in [-0.25, -0.2) is 0 Å². The summed E-state index contributed by atoms with van der Waals surface area (Å²) in [7, 11) is 1.30. The Labute approximate surface area is 140 Å². The van der Waals surface area contributed by atoms with Crippen LogP contribution in [0.4, 0.5) is 0 Å². The zero-order chi connectivity index (χ0) is 15.8. The summed E-state index contributed by atoms with van der Waals surface area (Å²) in [6.45, 7) is 2.23. The second-order valence-electron chi connectivity index (χ2n) is 4.25. The minimum absolute atomic E-state index is 0.0615. The molecule has 5 nitrogen and oxygen atoms in total. The van der Waals surface area contributed by atoms with Crippen LogP contribution in [0.5, 0.6) is 5.75 Å². The largest absolute Gasteiger partial charge is 0.483 e. The van der Waals surface area contributed by atoms with Crippen molar-refractivity contribution < 1.29 is 19.1 Å². The van der Waals surface area contributed by atoms with Gasteiger partial charge in [-0.15, -0.1) is 0 Å². The van der Waals surface area contributed by atoms with Crippen LogP contribution in [0.2, 0.25) is 0 Å². The van der Waals surface area contributed by atoms with Gasteiger partial charge in [-0.3, -0.25) is 9.59 Å². The number of carbonyl (C=O) groups excluding carboxylic acids is 2. The van der Waals surface area contributed by atoms with E-state index in [1.54, 1.807) is 6.07 Å². The number of nitrogens with zero attached hydrogens (tertiary/aromatic N) is 1. The quantitative estimate of drug-likeness (QED) is 0.634. The Bertz CT molecular complexity index is 508. The van der Waals surface area contributed by atoms with Crippen LogP contribution in [-0.2, 0) is 14.3 Å². The van der Waals surface area contributed by atoms with Crippen molar-refractivity contribution in [3.05, 3.63) is 27.1 Å². The van der Waals surface area contributed by atoms with Crippen molar-refractivity contribution in [1.29, 1.82) is 0 Å². The van der Waals surface area contributed by atoms with Gasteiger partial charge in [0.05, 0.1) is 11.6 Å². The van der Waals surface area contributed by atoms with Gasteiger partial charge in [0.15, 0.2) is 6.61 Å². The lowest BCUT2D eigenvalue weighted by Crippen LogP contribution is -2.39. The normalized spacial score (nSPS) is 10.1. The predicted octanol–water partition coefficient (Wildman–Crippen LogP) is 3.00. The van der Waals surface area contributed by atoms with E-state index < -0.39 is 5.97 Å². The van der Waals surface area contributed by atoms with Crippen molar-refractivity contribution >= 4 is 43.7 Å². The average molecular weight is 423 g/mol. The molecule has 0 N–H and O–H groups in total. The molecule has 1 amide bonds. The summed E-state index contributed by atoms with van der Waals surface area (Å²) in [6.07, 6.45) is 0.755. The topological polar surface area (TPSA) is 55.8 Å². The molecule has 0 atom stereocenters. The molecule has 0 aliphatic carbocycles. The minimum Gasteiger partial charge on any atom is -0.483 e. The van der Waals surface area contributed by atoms with Gasteiger partial charge >= 0.3 is 5.97 Å². The van der Waals surface area contributed by atoms with Crippen LogP contribution in [0.15, 0.2) is 27.1 Å². The molecule has 21 heavy (non-hydrogen) atoms. The number of hydrogen-bond donors (Lipinski definition) is 0. The molecule has 116 valence electrons. The lowest BCUT2D eigenvalue weighted by molar-refractivity contribution is -0.147. The van der Waals surface area contributed by atoms with Gasteiger partial charge in [-0.05, 0) is 40.5 Å². The third-order valence-corrected chi connectivity index (χ3v) is 3.75. The molecule has 0 fully saturated rings. The van der Waals surface area contributed by atoms with E-state index in [0.29, 0.717) is 12.3 Å². The van der Waals surface area contributed by atoms with Crippen molar-refractivity contribution in [2.75, 3.05) is 26.8 Å². The van der Waals surface area contributed by atoms with Gasteiger partial charge < -0.3 is 14.4 Å². The Hall–Kier alpha value is -1.08. The number of amides is 1. The summed E-state index contributed by atoms with van der Waals surface area (Å²) >= 11 is 6.71. The van der Waals surface area contributed by atoms with Crippen molar-refractivity contribution in [2.45, 2.75) is 13.3 Å². The highest BCUT2D eigenvalue weighted by Gasteiger charge is 2.17. The summed E-state index contributed by atoms with van der Waals surface area (Å²) in [4.78, 5) is 24.8. The van der Waals surface area contributed by atoms with E-state index in [0.717, 1.165) is 15.4 Å². The molecule has 0 aliphatic heterocycles. The number of carbonyl (C=O) groups is 2. The molecule has 0 radical (unpaired) electrons. The standard InChI is InChI=1S/C14H17Br2NO4/c1-3-6-17(8-14(19)20-2)13(18)9-21-12-5-4-10(15)7-11(12)16/h4-5,7H,3,6,8-9H2,1-2H3. The van der Waals surface area contributed by atoms with E-state index in [1.807, 2.05) is 19.1 Å². The maximum atomic E-state index is 12.1. The number of esters is 1. The fraction of sp³-hybridized carbons (Fsp3) is 0.429. The maximum Gasteiger partial charge on any atom is 0.325 e. The van der Waals surface area contributed by atoms with E-state index in [2.05, 4.69) is 36.6 Å². The summed E-state index contributed by atoms with van der Waals surface area (Å²) in [6, 6.07) is 5.41. The van der Waals surface area contributed by atoms with E-state index in [9.17, 15) is 9.59 Å². The van der Waals surface area contributed by atoms with Crippen LogP contribution >= 0.6 is 31.9 Å². The van der Waals surface area contributed by atoms with E-state index in [1.165, 1.54) is 12.0 Å². The number of ether oxygens (including phenoxy) is 2. The molecule has 7 heteroatoms. The first-order chi connectivity index (χ1) is 9.97. The van der Waals surface area contributed by atoms with Gasteiger partial charge in [0.1, 0.15) is 12.3 Å². The molecule has 0 aliphatic rings. The second kappa shape index (κ2) is 9.04. The molecular weight excluding hydrogens is 406 g/mol. The average Bonchev–Trinajstić information content (AvgIpc) is 2.45. The molecular formula is C14H17Br2NO4.